The second-order valence-electron chi connectivity index (χ2n) is 4.79. The smallest absolute Gasteiger partial charge is 0.321 e. The number of benzene rings is 1. The molecule has 0 saturated carbocycles. The van der Waals surface area contributed by atoms with E-state index >= 15 is 0 Å². The van der Waals surface area contributed by atoms with Crippen LogP contribution in [0.1, 0.15) is 19.4 Å². The summed E-state index contributed by atoms with van der Waals surface area (Å²) in [5.41, 5.74) is 7.07. The molecule has 4 N–H and O–H groups in total. The molecule has 0 aliphatic carbocycles. The van der Waals surface area contributed by atoms with E-state index in [0.29, 0.717) is 0 Å². The first-order valence-electron chi connectivity index (χ1n) is 5.49. The summed E-state index contributed by atoms with van der Waals surface area (Å²) in [5, 5.41) is 10.1. The van der Waals surface area contributed by atoms with Gasteiger partial charge in [-0.2, -0.15) is 0 Å². The molecule has 0 spiro atoms. The van der Waals surface area contributed by atoms with E-state index in [0.717, 1.165) is 16.5 Å². The molecule has 0 fully saturated rings. The van der Waals surface area contributed by atoms with Gasteiger partial charge < -0.3 is 15.8 Å². The van der Waals surface area contributed by atoms with Crippen molar-refractivity contribution in [3.05, 3.63) is 36.0 Å². The number of rotatable bonds is 3. The normalized spacial score (nSPS) is 13.8. The van der Waals surface area contributed by atoms with Crippen molar-refractivity contribution in [1.82, 2.24) is 4.98 Å². The number of para-hydroxylation sites is 1. The minimum Gasteiger partial charge on any atom is -0.480 e. The van der Waals surface area contributed by atoms with Gasteiger partial charge in [0.2, 0.25) is 0 Å². The van der Waals surface area contributed by atoms with Crippen molar-refractivity contribution in [3.63, 3.8) is 0 Å². The highest BCUT2D eigenvalue weighted by Crippen LogP contribution is 2.32. The van der Waals surface area contributed by atoms with Gasteiger partial charge >= 0.3 is 5.97 Å². The molecule has 1 aromatic heterocycles. The van der Waals surface area contributed by atoms with Gasteiger partial charge in [0, 0.05) is 22.5 Å². The summed E-state index contributed by atoms with van der Waals surface area (Å²) >= 11 is 0. The highest BCUT2D eigenvalue weighted by Gasteiger charge is 2.35. The van der Waals surface area contributed by atoms with Gasteiger partial charge in [-0.1, -0.05) is 32.0 Å². The molecule has 2 aromatic rings. The van der Waals surface area contributed by atoms with Crippen molar-refractivity contribution < 1.29 is 9.90 Å². The van der Waals surface area contributed by atoms with Crippen molar-refractivity contribution >= 4 is 16.9 Å². The highest BCUT2D eigenvalue weighted by atomic mass is 16.4. The molecule has 0 saturated heterocycles. The predicted molar refractivity (Wildman–Crippen MR) is 66.9 cm³/mol. The number of carbonyl (C=O) groups is 1. The average Bonchev–Trinajstić information content (AvgIpc) is 2.72. The van der Waals surface area contributed by atoms with Crippen LogP contribution in [0.15, 0.2) is 30.5 Å². The molecule has 90 valence electrons. The van der Waals surface area contributed by atoms with Crippen molar-refractivity contribution in [1.29, 1.82) is 0 Å². The Balaban J connectivity index is 2.56. The zero-order valence-corrected chi connectivity index (χ0v) is 9.90. The van der Waals surface area contributed by atoms with Crippen LogP contribution >= 0.6 is 0 Å². The highest BCUT2D eigenvalue weighted by molar-refractivity contribution is 5.86. The van der Waals surface area contributed by atoms with Gasteiger partial charge in [-0.3, -0.25) is 4.79 Å². The Morgan fingerprint density at radius 1 is 1.41 bits per heavy atom. The zero-order valence-electron chi connectivity index (χ0n) is 9.90. The van der Waals surface area contributed by atoms with E-state index in [4.69, 9.17) is 10.8 Å². The van der Waals surface area contributed by atoms with Crippen molar-refractivity contribution in [2.75, 3.05) is 0 Å². The summed E-state index contributed by atoms with van der Waals surface area (Å²) in [6.07, 6.45) is 1.84. The van der Waals surface area contributed by atoms with Crippen molar-refractivity contribution in [2.45, 2.75) is 25.3 Å². The fourth-order valence-electron chi connectivity index (χ4n) is 2.08. The molecule has 2 rings (SSSR count). The second kappa shape index (κ2) is 3.89. The molecule has 0 unspecified atom stereocenters. The Labute approximate surface area is 99.4 Å². The molecule has 0 aliphatic rings. The standard InChI is InChI=1S/C13H16N2O2/c1-13(2,11(14)12(16)17)9-7-15-10-6-4-3-5-8(9)10/h3-7,11,15H,14H2,1-2H3,(H,16,17)/t11-/m0/s1. The van der Waals surface area contributed by atoms with Crippen LogP contribution in [0.25, 0.3) is 10.9 Å². The van der Waals surface area contributed by atoms with Gasteiger partial charge in [-0.25, -0.2) is 0 Å². The van der Waals surface area contributed by atoms with Crippen LogP contribution < -0.4 is 5.73 Å². The SMILES string of the molecule is CC(C)(c1c[nH]c2ccccc12)[C@@H](N)C(=O)O. The maximum atomic E-state index is 11.0. The lowest BCUT2D eigenvalue weighted by atomic mass is 9.78. The lowest BCUT2D eigenvalue weighted by Gasteiger charge is -2.28. The summed E-state index contributed by atoms with van der Waals surface area (Å²) in [5.74, 6) is -0.986. The number of hydrogen-bond donors (Lipinski definition) is 3. The fraction of sp³-hybridized carbons (Fsp3) is 0.308. The fourth-order valence-corrected chi connectivity index (χ4v) is 2.08. The van der Waals surface area contributed by atoms with Crippen LogP contribution in [0.4, 0.5) is 0 Å². The Morgan fingerprint density at radius 3 is 2.71 bits per heavy atom. The Hall–Kier alpha value is -1.81. The third kappa shape index (κ3) is 1.80. The molecule has 1 aromatic carbocycles. The van der Waals surface area contributed by atoms with E-state index in [1.807, 2.05) is 44.3 Å². The van der Waals surface area contributed by atoms with Gasteiger partial charge in [0.05, 0.1) is 0 Å². The van der Waals surface area contributed by atoms with Gasteiger partial charge in [-0.15, -0.1) is 0 Å². The third-order valence-corrected chi connectivity index (χ3v) is 3.33. The molecule has 0 amide bonds. The van der Waals surface area contributed by atoms with Gasteiger partial charge in [0.25, 0.3) is 0 Å². The van der Waals surface area contributed by atoms with E-state index in [9.17, 15) is 4.79 Å². The Morgan fingerprint density at radius 2 is 2.06 bits per heavy atom. The molecular weight excluding hydrogens is 216 g/mol. The van der Waals surface area contributed by atoms with Crippen LogP contribution in [-0.4, -0.2) is 22.1 Å². The maximum Gasteiger partial charge on any atom is 0.321 e. The largest absolute Gasteiger partial charge is 0.480 e. The third-order valence-electron chi connectivity index (χ3n) is 3.33. The predicted octanol–water partition coefficient (Wildman–Crippen LogP) is 1.86. The molecule has 0 radical (unpaired) electrons. The van der Waals surface area contributed by atoms with Crippen LogP contribution in [0.2, 0.25) is 0 Å². The maximum absolute atomic E-state index is 11.0. The van der Waals surface area contributed by atoms with E-state index in [2.05, 4.69) is 4.98 Å². The Kier molecular flexibility index (Phi) is 2.67. The van der Waals surface area contributed by atoms with Gasteiger partial charge in [0.1, 0.15) is 6.04 Å². The van der Waals surface area contributed by atoms with Crippen LogP contribution in [0, 0.1) is 0 Å². The number of nitrogens with two attached hydrogens (primary N) is 1. The number of hydrogen-bond acceptors (Lipinski definition) is 2. The first-order chi connectivity index (χ1) is 7.94. The molecule has 4 heteroatoms. The molecule has 1 heterocycles. The summed E-state index contributed by atoms with van der Waals surface area (Å²) in [6.45, 7) is 3.70. The zero-order chi connectivity index (χ0) is 12.6. The van der Waals surface area contributed by atoms with E-state index in [1.165, 1.54) is 0 Å². The summed E-state index contributed by atoms with van der Waals surface area (Å²) < 4.78 is 0. The van der Waals surface area contributed by atoms with Crippen molar-refractivity contribution in [2.24, 2.45) is 5.73 Å². The number of carboxylic acid groups (broad SMARTS) is 1. The average molecular weight is 232 g/mol. The number of aliphatic carboxylic acids is 1. The number of H-pyrrole nitrogens is 1. The molecule has 0 bridgehead atoms. The first-order valence-corrected chi connectivity index (χ1v) is 5.49. The number of carboxylic acids is 1. The monoisotopic (exact) mass is 232 g/mol. The van der Waals surface area contributed by atoms with E-state index in [-0.39, 0.29) is 0 Å². The summed E-state index contributed by atoms with van der Waals surface area (Å²) in [7, 11) is 0. The molecular formula is C13H16N2O2. The molecule has 4 nitrogen and oxygen atoms in total. The first kappa shape index (κ1) is 11.7. The molecule has 0 aliphatic heterocycles. The number of fused-ring (bicyclic) bond motifs is 1. The number of aromatic nitrogens is 1. The van der Waals surface area contributed by atoms with Crippen molar-refractivity contribution in [3.8, 4) is 0 Å². The lowest BCUT2D eigenvalue weighted by molar-refractivity contribution is -0.140. The van der Waals surface area contributed by atoms with Gasteiger partial charge in [-0.05, 0) is 11.6 Å². The van der Waals surface area contributed by atoms with Crippen LogP contribution in [-0.2, 0) is 10.2 Å². The second-order valence-corrected chi connectivity index (χ2v) is 4.79. The summed E-state index contributed by atoms with van der Waals surface area (Å²) in [4.78, 5) is 14.2. The number of aromatic amines is 1. The van der Waals surface area contributed by atoms with Crippen LogP contribution in [0.5, 0.6) is 0 Å². The number of nitrogens with one attached hydrogen (secondary N) is 1. The molecule has 17 heavy (non-hydrogen) atoms. The Bertz CT molecular complexity index is 557. The lowest BCUT2D eigenvalue weighted by Crippen LogP contribution is -2.46. The quantitative estimate of drug-likeness (QED) is 0.755. The summed E-state index contributed by atoms with van der Waals surface area (Å²) in [6, 6.07) is 6.87. The van der Waals surface area contributed by atoms with E-state index in [1.54, 1.807) is 0 Å². The minimum absolute atomic E-state index is 0.620. The topological polar surface area (TPSA) is 79.1 Å². The van der Waals surface area contributed by atoms with Gasteiger partial charge in [0.15, 0.2) is 0 Å². The van der Waals surface area contributed by atoms with Crippen LogP contribution in [0.3, 0.4) is 0 Å². The minimum atomic E-state index is -0.986. The van der Waals surface area contributed by atoms with E-state index < -0.39 is 17.4 Å². The molecule has 1 atom stereocenters.